The number of H-pyrrole nitrogens is 1. The second-order valence-electron chi connectivity index (χ2n) is 5.08. The maximum atomic E-state index is 12.5. The third-order valence-electron chi connectivity index (χ3n) is 3.30. The van der Waals surface area contributed by atoms with E-state index in [-0.39, 0.29) is 6.10 Å². The third-order valence-corrected chi connectivity index (χ3v) is 5.14. The van der Waals surface area contributed by atoms with E-state index in [0.717, 1.165) is 18.7 Å². The molecule has 0 radical (unpaired) electrons. The van der Waals surface area contributed by atoms with Crippen LogP contribution < -0.4 is 5.32 Å². The zero-order valence-electron chi connectivity index (χ0n) is 12.1. The second-order valence-corrected chi connectivity index (χ2v) is 7.02. The number of morpholine rings is 1. The van der Waals surface area contributed by atoms with Crippen LogP contribution in [-0.2, 0) is 21.3 Å². The topological polar surface area (TPSA) is 74.4 Å². The molecule has 0 saturated carbocycles. The molecule has 1 atom stereocenters. The first kappa shape index (κ1) is 15.5. The van der Waals surface area contributed by atoms with E-state index in [9.17, 15) is 8.42 Å². The van der Waals surface area contributed by atoms with Crippen molar-refractivity contribution in [3.05, 3.63) is 18.0 Å². The lowest BCUT2D eigenvalue weighted by atomic mass is 10.3. The van der Waals surface area contributed by atoms with Crippen LogP contribution in [0, 0.1) is 0 Å². The highest BCUT2D eigenvalue weighted by Gasteiger charge is 2.29. The third kappa shape index (κ3) is 3.60. The number of sulfonamides is 1. The van der Waals surface area contributed by atoms with Crippen molar-refractivity contribution in [1.82, 2.24) is 14.6 Å². The summed E-state index contributed by atoms with van der Waals surface area (Å²) in [5, 5.41) is 3.24. The van der Waals surface area contributed by atoms with E-state index < -0.39 is 10.0 Å². The van der Waals surface area contributed by atoms with Crippen LogP contribution in [0.1, 0.15) is 26.0 Å². The monoisotopic (exact) mass is 301 g/mol. The summed E-state index contributed by atoms with van der Waals surface area (Å²) in [6.07, 6.45) is 2.57. The van der Waals surface area contributed by atoms with Crippen LogP contribution in [0.4, 0.5) is 0 Å². The number of hydrogen-bond acceptors (Lipinski definition) is 4. The molecule has 0 amide bonds. The zero-order valence-corrected chi connectivity index (χ0v) is 12.9. The summed E-state index contributed by atoms with van der Waals surface area (Å²) in [4.78, 5) is 3.35. The van der Waals surface area contributed by atoms with Crippen molar-refractivity contribution in [1.29, 1.82) is 0 Å². The minimum absolute atomic E-state index is 0.0526. The fourth-order valence-electron chi connectivity index (χ4n) is 2.22. The van der Waals surface area contributed by atoms with Gasteiger partial charge in [0, 0.05) is 31.5 Å². The molecule has 2 N–H and O–H groups in total. The maximum Gasteiger partial charge on any atom is 0.244 e. The summed E-state index contributed by atoms with van der Waals surface area (Å²) in [6, 6.07) is 1.71. The molecule has 1 saturated heterocycles. The van der Waals surface area contributed by atoms with Crippen molar-refractivity contribution in [3.8, 4) is 0 Å². The molecule has 114 valence electrons. The lowest BCUT2D eigenvalue weighted by molar-refractivity contribution is 0.0102. The van der Waals surface area contributed by atoms with Gasteiger partial charge in [-0.25, -0.2) is 8.42 Å². The highest BCUT2D eigenvalue weighted by Crippen LogP contribution is 2.19. The molecule has 1 aromatic rings. The van der Waals surface area contributed by atoms with Crippen LogP contribution in [0.5, 0.6) is 0 Å². The average Bonchev–Trinajstić information content (AvgIpc) is 2.88. The van der Waals surface area contributed by atoms with Gasteiger partial charge in [0.2, 0.25) is 10.0 Å². The molecule has 6 nitrogen and oxygen atoms in total. The normalized spacial score (nSPS) is 21.2. The molecule has 7 heteroatoms. The smallest absolute Gasteiger partial charge is 0.244 e. The van der Waals surface area contributed by atoms with Crippen LogP contribution in [0.3, 0.4) is 0 Å². The van der Waals surface area contributed by atoms with Gasteiger partial charge in [-0.3, -0.25) is 0 Å². The van der Waals surface area contributed by atoms with E-state index in [1.165, 1.54) is 4.31 Å². The molecule has 1 fully saturated rings. The molecule has 20 heavy (non-hydrogen) atoms. The first-order chi connectivity index (χ1) is 9.54. The number of nitrogens with zero attached hydrogens (tertiary/aromatic N) is 1. The highest BCUT2D eigenvalue weighted by molar-refractivity contribution is 7.89. The minimum atomic E-state index is -3.41. The number of rotatable bonds is 6. The predicted octanol–water partition coefficient (Wildman–Crippen LogP) is 0.924. The van der Waals surface area contributed by atoms with E-state index in [4.69, 9.17) is 4.74 Å². The molecule has 1 aliphatic rings. The summed E-state index contributed by atoms with van der Waals surface area (Å²) in [6.45, 7) is 6.84. The molecular weight excluding hydrogens is 278 g/mol. The molecule has 0 bridgehead atoms. The molecule has 2 heterocycles. The van der Waals surface area contributed by atoms with E-state index in [1.54, 1.807) is 12.3 Å². The predicted molar refractivity (Wildman–Crippen MR) is 77.0 cm³/mol. The molecule has 1 unspecified atom stereocenters. The average molecular weight is 301 g/mol. The largest absolute Gasteiger partial charge is 0.376 e. The number of aromatic nitrogens is 1. The molecule has 0 aromatic carbocycles. The highest BCUT2D eigenvalue weighted by atomic mass is 32.2. The lowest BCUT2D eigenvalue weighted by Gasteiger charge is -2.29. The molecular formula is C13H23N3O3S. The van der Waals surface area contributed by atoms with Gasteiger partial charge in [-0.15, -0.1) is 0 Å². The van der Waals surface area contributed by atoms with Crippen LogP contribution in [0.2, 0.25) is 0 Å². The Hall–Kier alpha value is -0.890. The summed E-state index contributed by atoms with van der Waals surface area (Å²) >= 11 is 0. The van der Waals surface area contributed by atoms with E-state index in [2.05, 4.69) is 17.2 Å². The standard InChI is InChI=1S/C13H23N3O3S/c1-3-4-14-8-12-7-13(9-15-12)20(17,18)16-5-6-19-11(2)10-16/h7,9,11,14-15H,3-6,8,10H2,1-2H3. The lowest BCUT2D eigenvalue weighted by Crippen LogP contribution is -2.44. The summed E-state index contributed by atoms with van der Waals surface area (Å²) in [5.41, 5.74) is 0.887. The Balaban J connectivity index is 2.05. The van der Waals surface area contributed by atoms with Crippen molar-refractivity contribution in [2.75, 3.05) is 26.2 Å². The first-order valence-electron chi connectivity index (χ1n) is 7.03. The maximum absolute atomic E-state index is 12.5. The molecule has 2 rings (SSSR count). The van der Waals surface area contributed by atoms with Crippen molar-refractivity contribution < 1.29 is 13.2 Å². The van der Waals surface area contributed by atoms with Gasteiger partial charge in [0.05, 0.1) is 17.6 Å². The number of ether oxygens (including phenoxy) is 1. The number of hydrogen-bond donors (Lipinski definition) is 2. The minimum Gasteiger partial charge on any atom is -0.376 e. The van der Waals surface area contributed by atoms with Gasteiger partial charge in [-0.05, 0) is 26.0 Å². The Morgan fingerprint density at radius 1 is 1.55 bits per heavy atom. The van der Waals surface area contributed by atoms with E-state index in [0.29, 0.717) is 31.1 Å². The quantitative estimate of drug-likeness (QED) is 0.766. The molecule has 0 aliphatic carbocycles. The molecule has 1 aromatic heterocycles. The van der Waals surface area contributed by atoms with Crippen LogP contribution >= 0.6 is 0 Å². The van der Waals surface area contributed by atoms with E-state index in [1.807, 2.05) is 6.92 Å². The Morgan fingerprint density at radius 3 is 3.05 bits per heavy atom. The molecule has 0 spiro atoms. The van der Waals surface area contributed by atoms with Gasteiger partial charge in [-0.2, -0.15) is 4.31 Å². The van der Waals surface area contributed by atoms with Crippen molar-refractivity contribution in [2.45, 2.75) is 37.8 Å². The van der Waals surface area contributed by atoms with Gasteiger partial charge in [-0.1, -0.05) is 6.92 Å². The summed E-state index contributed by atoms with van der Waals surface area (Å²) in [5.74, 6) is 0. The Morgan fingerprint density at radius 2 is 2.35 bits per heavy atom. The summed E-state index contributed by atoms with van der Waals surface area (Å²) in [7, 11) is -3.41. The number of nitrogens with one attached hydrogen (secondary N) is 2. The summed E-state index contributed by atoms with van der Waals surface area (Å²) < 4.78 is 31.9. The van der Waals surface area contributed by atoms with Crippen molar-refractivity contribution >= 4 is 10.0 Å². The Kier molecular flexibility index (Phi) is 5.20. The fraction of sp³-hybridized carbons (Fsp3) is 0.692. The van der Waals surface area contributed by atoms with E-state index >= 15 is 0 Å². The zero-order chi connectivity index (χ0) is 14.6. The van der Waals surface area contributed by atoms with Crippen LogP contribution in [-0.4, -0.2) is 50.1 Å². The van der Waals surface area contributed by atoms with Gasteiger partial charge in [0.25, 0.3) is 0 Å². The second kappa shape index (κ2) is 6.71. The fourth-order valence-corrected chi connectivity index (χ4v) is 3.74. The van der Waals surface area contributed by atoms with Gasteiger partial charge < -0.3 is 15.0 Å². The molecule has 1 aliphatic heterocycles. The Bertz CT molecular complexity index is 527. The first-order valence-corrected chi connectivity index (χ1v) is 8.47. The van der Waals surface area contributed by atoms with Gasteiger partial charge >= 0.3 is 0 Å². The number of aromatic amines is 1. The SMILES string of the molecule is CCCNCc1cc(S(=O)(=O)N2CCOC(C)C2)c[nH]1. The van der Waals surface area contributed by atoms with Gasteiger partial charge in [0.15, 0.2) is 0 Å². The van der Waals surface area contributed by atoms with Crippen LogP contribution in [0.15, 0.2) is 17.2 Å². The van der Waals surface area contributed by atoms with Crippen LogP contribution in [0.25, 0.3) is 0 Å². The van der Waals surface area contributed by atoms with Gasteiger partial charge in [0.1, 0.15) is 0 Å². The Labute approximate surface area is 120 Å². The van der Waals surface area contributed by atoms with Crippen molar-refractivity contribution in [3.63, 3.8) is 0 Å². The van der Waals surface area contributed by atoms with Crippen molar-refractivity contribution in [2.24, 2.45) is 0 Å².